The van der Waals surface area contributed by atoms with Crippen LogP contribution in [-0.2, 0) is 0 Å². The van der Waals surface area contributed by atoms with Gasteiger partial charge in [0.15, 0.2) is 0 Å². The van der Waals surface area contributed by atoms with E-state index in [1.165, 1.54) is 11.1 Å². The van der Waals surface area contributed by atoms with Gasteiger partial charge in [-0.05, 0) is 38.0 Å². The van der Waals surface area contributed by atoms with Gasteiger partial charge in [0.1, 0.15) is 0 Å². The average Bonchev–Trinajstić information content (AvgIpc) is 2.51. The van der Waals surface area contributed by atoms with Crippen molar-refractivity contribution in [1.29, 1.82) is 0 Å². The number of nitrogens with two attached hydrogens (primary N) is 1. The minimum Gasteiger partial charge on any atom is -0.396 e. The molecule has 0 radical (unpaired) electrons. The Kier molecular flexibility index (Phi) is 2.23. The number of hydrogen-bond acceptors (Lipinski definition) is 2. The van der Waals surface area contributed by atoms with Gasteiger partial charge in [0.05, 0.1) is 23.3 Å². The van der Waals surface area contributed by atoms with Gasteiger partial charge in [-0.25, -0.2) is 4.68 Å². The average molecular weight is 201 g/mol. The van der Waals surface area contributed by atoms with Crippen molar-refractivity contribution in [2.75, 3.05) is 5.73 Å². The first-order valence-electron chi connectivity index (χ1n) is 4.97. The molecule has 1 heterocycles. The fraction of sp³-hybridized carbons (Fsp3) is 0.250. The Morgan fingerprint density at radius 3 is 2.53 bits per heavy atom. The number of nitrogens with zero attached hydrogens (tertiary/aromatic N) is 2. The van der Waals surface area contributed by atoms with Gasteiger partial charge < -0.3 is 5.73 Å². The lowest BCUT2D eigenvalue weighted by Gasteiger charge is -2.06. The SMILES string of the molecule is Cc1ccc(C)c(-n2cc(N)c(C)n2)c1. The van der Waals surface area contributed by atoms with Crippen molar-refractivity contribution in [2.24, 2.45) is 0 Å². The summed E-state index contributed by atoms with van der Waals surface area (Å²) in [4.78, 5) is 0. The molecule has 78 valence electrons. The summed E-state index contributed by atoms with van der Waals surface area (Å²) in [7, 11) is 0. The molecule has 0 aliphatic carbocycles. The number of aromatic nitrogens is 2. The second-order valence-electron chi connectivity index (χ2n) is 3.90. The van der Waals surface area contributed by atoms with Crippen LogP contribution in [0.4, 0.5) is 5.69 Å². The maximum atomic E-state index is 5.78. The number of benzene rings is 1. The van der Waals surface area contributed by atoms with E-state index in [0.717, 1.165) is 17.1 Å². The number of aryl methyl sites for hydroxylation is 3. The van der Waals surface area contributed by atoms with Gasteiger partial charge in [0.2, 0.25) is 0 Å². The third-order valence-electron chi connectivity index (χ3n) is 2.55. The van der Waals surface area contributed by atoms with Gasteiger partial charge >= 0.3 is 0 Å². The zero-order valence-electron chi connectivity index (χ0n) is 9.28. The number of anilines is 1. The minimum absolute atomic E-state index is 0.732. The van der Waals surface area contributed by atoms with Crippen LogP contribution >= 0.6 is 0 Å². The normalized spacial score (nSPS) is 10.6. The zero-order valence-corrected chi connectivity index (χ0v) is 9.28. The first kappa shape index (κ1) is 9.77. The van der Waals surface area contributed by atoms with Crippen LogP contribution in [0, 0.1) is 20.8 Å². The molecule has 2 aromatic rings. The molecule has 0 saturated heterocycles. The standard InChI is InChI=1S/C12H15N3/c1-8-4-5-9(2)12(6-8)15-7-11(13)10(3)14-15/h4-7H,13H2,1-3H3. The topological polar surface area (TPSA) is 43.8 Å². The Bertz CT molecular complexity index is 478. The molecule has 0 aliphatic rings. The largest absolute Gasteiger partial charge is 0.396 e. The lowest BCUT2D eigenvalue weighted by atomic mass is 10.1. The molecule has 1 aromatic heterocycles. The molecule has 3 nitrogen and oxygen atoms in total. The van der Waals surface area contributed by atoms with Gasteiger partial charge in [-0.1, -0.05) is 12.1 Å². The van der Waals surface area contributed by atoms with E-state index in [1.54, 1.807) is 0 Å². The lowest BCUT2D eigenvalue weighted by molar-refractivity contribution is 0.854. The predicted molar refractivity (Wildman–Crippen MR) is 62.2 cm³/mol. The van der Waals surface area contributed by atoms with Crippen LogP contribution in [0.1, 0.15) is 16.8 Å². The summed E-state index contributed by atoms with van der Waals surface area (Å²) in [5.41, 5.74) is 10.9. The van der Waals surface area contributed by atoms with Gasteiger partial charge in [0, 0.05) is 0 Å². The highest BCUT2D eigenvalue weighted by atomic mass is 15.3. The van der Waals surface area contributed by atoms with E-state index in [2.05, 4.69) is 37.1 Å². The molecule has 15 heavy (non-hydrogen) atoms. The van der Waals surface area contributed by atoms with E-state index in [0.29, 0.717) is 0 Å². The van der Waals surface area contributed by atoms with Crippen LogP contribution in [0.25, 0.3) is 5.69 Å². The summed E-state index contributed by atoms with van der Waals surface area (Å²) in [5.74, 6) is 0. The van der Waals surface area contributed by atoms with E-state index in [4.69, 9.17) is 5.73 Å². The Morgan fingerprint density at radius 2 is 1.93 bits per heavy atom. The Balaban J connectivity index is 2.58. The highest BCUT2D eigenvalue weighted by Crippen LogP contribution is 2.18. The van der Waals surface area contributed by atoms with Crippen molar-refractivity contribution in [1.82, 2.24) is 9.78 Å². The van der Waals surface area contributed by atoms with E-state index in [1.807, 2.05) is 17.8 Å². The molecule has 3 heteroatoms. The molecule has 0 atom stereocenters. The monoisotopic (exact) mass is 201 g/mol. The van der Waals surface area contributed by atoms with E-state index >= 15 is 0 Å². The molecule has 0 spiro atoms. The first-order valence-corrected chi connectivity index (χ1v) is 4.97. The fourth-order valence-electron chi connectivity index (χ4n) is 1.56. The van der Waals surface area contributed by atoms with E-state index in [9.17, 15) is 0 Å². The summed E-state index contributed by atoms with van der Waals surface area (Å²) in [6, 6.07) is 6.30. The Morgan fingerprint density at radius 1 is 1.20 bits per heavy atom. The first-order chi connectivity index (χ1) is 7.08. The number of hydrogen-bond donors (Lipinski definition) is 1. The summed E-state index contributed by atoms with van der Waals surface area (Å²) in [5, 5.41) is 4.37. The third-order valence-corrected chi connectivity index (χ3v) is 2.55. The van der Waals surface area contributed by atoms with Gasteiger partial charge in [0.25, 0.3) is 0 Å². The highest BCUT2D eigenvalue weighted by molar-refractivity contribution is 5.47. The molecule has 0 amide bonds. The number of rotatable bonds is 1. The van der Waals surface area contributed by atoms with Crippen LogP contribution in [0.15, 0.2) is 24.4 Å². The molecule has 0 bridgehead atoms. The molecule has 0 unspecified atom stereocenters. The smallest absolute Gasteiger partial charge is 0.0827 e. The van der Waals surface area contributed by atoms with Gasteiger partial charge in [-0.15, -0.1) is 0 Å². The van der Waals surface area contributed by atoms with Crippen molar-refractivity contribution < 1.29 is 0 Å². The zero-order chi connectivity index (χ0) is 11.0. The minimum atomic E-state index is 0.732. The van der Waals surface area contributed by atoms with Gasteiger partial charge in [-0.2, -0.15) is 5.10 Å². The molecule has 2 N–H and O–H groups in total. The lowest BCUT2D eigenvalue weighted by Crippen LogP contribution is -1.98. The van der Waals surface area contributed by atoms with Crippen molar-refractivity contribution in [3.8, 4) is 5.69 Å². The maximum absolute atomic E-state index is 5.78. The number of nitrogen functional groups attached to an aromatic ring is 1. The van der Waals surface area contributed by atoms with Crippen LogP contribution in [0.2, 0.25) is 0 Å². The summed E-state index contributed by atoms with van der Waals surface area (Å²) in [6.45, 7) is 6.06. The van der Waals surface area contributed by atoms with Crippen molar-refractivity contribution in [3.63, 3.8) is 0 Å². The van der Waals surface area contributed by atoms with Crippen molar-refractivity contribution >= 4 is 5.69 Å². The fourth-order valence-corrected chi connectivity index (χ4v) is 1.56. The third kappa shape index (κ3) is 1.73. The maximum Gasteiger partial charge on any atom is 0.0827 e. The van der Waals surface area contributed by atoms with Crippen LogP contribution in [-0.4, -0.2) is 9.78 Å². The van der Waals surface area contributed by atoms with Crippen molar-refractivity contribution in [2.45, 2.75) is 20.8 Å². The van der Waals surface area contributed by atoms with E-state index < -0.39 is 0 Å². The second-order valence-corrected chi connectivity index (χ2v) is 3.90. The molecule has 2 rings (SSSR count). The van der Waals surface area contributed by atoms with Crippen LogP contribution in [0.5, 0.6) is 0 Å². The molecule has 0 fully saturated rings. The predicted octanol–water partition coefficient (Wildman–Crippen LogP) is 2.38. The molecule has 0 aliphatic heterocycles. The molecular formula is C12H15N3. The quantitative estimate of drug-likeness (QED) is 0.769. The summed E-state index contributed by atoms with van der Waals surface area (Å²) < 4.78 is 1.84. The van der Waals surface area contributed by atoms with E-state index in [-0.39, 0.29) is 0 Å². The molecule has 0 saturated carbocycles. The molecular weight excluding hydrogens is 186 g/mol. The van der Waals surface area contributed by atoms with Gasteiger partial charge in [-0.3, -0.25) is 0 Å². The Hall–Kier alpha value is -1.77. The van der Waals surface area contributed by atoms with Crippen molar-refractivity contribution in [3.05, 3.63) is 41.2 Å². The Labute approximate surface area is 89.5 Å². The van der Waals surface area contributed by atoms with Crippen LogP contribution < -0.4 is 5.73 Å². The summed E-state index contributed by atoms with van der Waals surface area (Å²) in [6.07, 6.45) is 1.86. The molecule has 1 aromatic carbocycles. The summed E-state index contributed by atoms with van der Waals surface area (Å²) >= 11 is 0. The van der Waals surface area contributed by atoms with Crippen LogP contribution in [0.3, 0.4) is 0 Å². The second kappa shape index (κ2) is 3.42. The highest BCUT2D eigenvalue weighted by Gasteiger charge is 2.05.